The standard InChI is InChI=1S/C11H21FO3/c1-7(2)14-6-9-11(13-4)10(12)8(3)5-15-9/h7-11H,5-6H2,1-4H3/t8-,9-,10+,11-/m1/s1. The first-order valence-corrected chi connectivity index (χ1v) is 5.46. The number of hydrogen-bond donors (Lipinski definition) is 0. The molecule has 1 aliphatic heterocycles. The molecule has 0 spiro atoms. The Morgan fingerprint density at radius 3 is 2.67 bits per heavy atom. The first-order valence-electron chi connectivity index (χ1n) is 5.46. The Balaban J connectivity index is 2.48. The first kappa shape index (κ1) is 12.9. The zero-order valence-corrected chi connectivity index (χ0v) is 9.90. The van der Waals surface area contributed by atoms with E-state index < -0.39 is 12.3 Å². The molecule has 0 unspecified atom stereocenters. The predicted octanol–water partition coefficient (Wildman–Crippen LogP) is 1.80. The van der Waals surface area contributed by atoms with E-state index in [-0.39, 0.29) is 18.1 Å². The number of hydrogen-bond acceptors (Lipinski definition) is 3. The third-order valence-corrected chi connectivity index (χ3v) is 2.66. The molecule has 90 valence electrons. The molecule has 0 aromatic carbocycles. The third-order valence-electron chi connectivity index (χ3n) is 2.66. The Morgan fingerprint density at radius 2 is 2.13 bits per heavy atom. The van der Waals surface area contributed by atoms with Crippen molar-refractivity contribution >= 4 is 0 Å². The molecule has 0 N–H and O–H groups in total. The van der Waals surface area contributed by atoms with Crippen molar-refractivity contribution in [2.24, 2.45) is 5.92 Å². The van der Waals surface area contributed by atoms with Gasteiger partial charge in [-0.1, -0.05) is 6.92 Å². The zero-order chi connectivity index (χ0) is 11.4. The maximum atomic E-state index is 13.8. The highest BCUT2D eigenvalue weighted by Crippen LogP contribution is 2.25. The van der Waals surface area contributed by atoms with Gasteiger partial charge < -0.3 is 14.2 Å². The lowest BCUT2D eigenvalue weighted by Crippen LogP contribution is -2.50. The van der Waals surface area contributed by atoms with Crippen LogP contribution in [0.25, 0.3) is 0 Å². The van der Waals surface area contributed by atoms with Gasteiger partial charge in [-0.2, -0.15) is 0 Å². The monoisotopic (exact) mass is 220 g/mol. The molecule has 1 rings (SSSR count). The highest BCUT2D eigenvalue weighted by Gasteiger charge is 2.39. The molecule has 0 amide bonds. The van der Waals surface area contributed by atoms with Gasteiger partial charge in [0, 0.05) is 13.0 Å². The number of rotatable bonds is 4. The Morgan fingerprint density at radius 1 is 1.47 bits per heavy atom. The summed E-state index contributed by atoms with van der Waals surface area (Å²) < 4.78 is 29.8. The second-order valence-electron chi connectivity index (χ2n) is 4.38. The fourth-order valence-electron chi connectivity index (χ4n) is 1.70. The van der Waals surface area contributed by atoms with E-state index in [0.717, 1.165) is 0 Å². The van der Waals surface area contributed by atoms with E-state index in [2.05, 4.69) is 0 Å². The van der Waals surface area contributed by atoms with Crippen molar-refractivity contribution in [3.8, 4) is 0 Å². The molecule has 0 saturated carbocycles. The summed E-state index contributed by atoms with van der Waals surface area (Å²) in [5.41, 5.74) is 0. The van der Waals surface area contributed by atoms with E-state index in [9.17, 15) is 4.39 Å². The zero-order valence-electron chi connectivity index (χ0n) is 9.90. The molecular formula is C11H21FO3. The molecule has 1 saturated heterocycles. The summed E-state index contributed by atoms with van der Waals surface area (Å²) in [7, 11) is 1.51. The van der Waals surface area contributed by atoms with Crippen molar-refractivity contribution < 1.29 is 18.6 Å². The minimum atomic E-state index is -0.968. The highest BCUT2D eigenvalue weighted by molar-refractivity contribution is 4.86. The summed E-state index contributed by atoms with van der Waals surface area (Å²) in [5, 5.41) is 0. The molecule has 4 atom stereocenters. The maximum Gasteiger partial charge on any atom is 0.134 e. The van der Waals surface area contributed by atoms with Crippen LogP contribution in [-0.4, -0.2) is 44.8 Å². The van der Waals surface area contributed by atoms with Gasteiger partial charge in [-0.15, -0.1) is 0 Å². The summed E-state index contributed by atoms with van der Waals surface area (Å²) in [6, 6.07) is 0. The highest BCUT2D eigenvalue weighted by atomic mass is 19.1. The van der Waals surface area contributed by atoms with Gasteiger partial charge in [0.2, 0.25) is 0 Å². The molecule has 0 aromatic rings. The van der Waals surface area contributed by atoms with Crippen molar-refractivity contribution in [2.75, 3.05) is 20.3 Å². The van der Waals surface area contributed by atoms with Crippen LogP contribution in [0.15, 0.2) is 0 Å². The van der Waals surface area contributed by atoms with Crippen LogP contribution in [0.2, 0.25) is 0 Å². The smallest absolute Gasteiger partial charge is 0.134 e. The van der Waals surface area contributed by atoms with Gasteiger partial charge in [-0.25, -0.2) is 4.39 Å². The summed E-state index contributed by atoms with van der Waals surface area (Å²) >= 11 is 0. The Hall–Kier alpha value is -0.190. The molecule has 1 fully saturated rings. The van der Waals surface area contributed by atoms with Crippen LogP contribution in [-0.2, 0) is 14.2 Å². The van der Waals surface area contributed by atoms with E-state index in [1.54, 1.807) is 0 Å². The number of ether oxygens (including phenoxy) is 3. The minimum absolute atomic E-state index is 0.106. The van der Waals surface area contributed by atoms with Crippen molar-refractivity contribution in [1.29, 1.82) is 0 Å². The van der Waals surface area contributed by atoms with Crippen LogP contribution in [0.4, 0.5) is 4.39 Å². The molecule has 0 aliphatic carbocycles. The van der Waals surface area contributed by atoms with Gasteiger partial charge >= 0.3 is 0 Å². The molecule has 4 heteroatoms. The third kappa shape index (κ3) is 3.40. The topological polar surface area (TPSA) is 27.7 Å². The largest absolute Gasteiger partial charge is 0.376 e. The van der Waals surface area contributed by atoms with E-state index in [1.807, 2.05) is 20.8 Å². The maximum absolute atomic E-state index is 13.8. The average molecular weight is 220 g/mol. The van der Waals surface area contributed by atoms with Crippen molar-refractivity contribution in [3.63, 3.8) is 0 Å². The van der Waals surface area contributed by atoms with Gasteiger partial charge in [0.25, 0.3) is 0 Å². The quantitative estimate of drug-likeness (QED) is 0.723. The van der Waals surface area contributed by atoms with Crippen LogP contribution < -0.4 is 0 Å². The van der Waals surface area contributed by atoms with Gasteiger partial charge in [0.15, 0.2) is 0 Å². The molecule has 15 heavy (non-hydrogen) atoms. The number of methoxy groups -OCH3 is 1. The van der Waals surface area contributed by atoms with Crippen LogP contribution in [0, 0.1) is 5.92 Å². The van der Waals surface area contributed by atoms with Gasteiger partial charge in [0.05, 0.1) is 19.3 Å². The van der Waals surface area contributed by atoms with Gasteiger partial charge in [-0.3, -0.25) is 0 Å². The summed E-state index contributed by atoms with van der Waals surface area (Å²) in [6.45, 7) is 6.55. The lowest BCUT2D eigenvalue weighted by molar-refractivity contribution is -0.172. The van der Waals surface area contributed by atoms with E-state index >= 15 is 0 Å². The first-order chi connectivity index (χ1) is 7.06. The molecular weight excluding hydrogens is 199 g/mol. The average Bonchev–Trinajstić information content (AvgIpc) is 2.19. The fourth-order valence-corrected chi connectivity index (χ4v) is 1.70. The number of alkyl halides is 1. The van der Waals surface area contributed by atoms with Gasteiger partial charge in [0.1, 0.15) is 18.4 Å². The molecule has 3 nitrogen and oxygen atoms in total. The lowest BCUT2D eigenvalue weighted by atomic mass is 9.95. The van der Waals surface area contributed by atoms with E-state index in [0.29, 0.717) is 13.2 Å². The van der Waals surface area contributed by atoms with E-state index in [1.165, 1.54) is 7.11 Å². The second kappa shape index (κ2) is 5.77. The summed E-state index contributed by atoms with van der Waals surface area (Å²) in [5.74, 6) is -0.106. The lowest BCUT2D eigenvalue weighted by Gasteiger charge is -2.37. The van der Waals surface area contributed by atoms with Crippen molar-refractivity contribution in [3.05, 3.63) is 0 Å². The molecule has 1 aliphatic rings. The normalized spacial score (nSPS) is 37.2. The second-order valence-corrected chi connectivity index (χ2v) is 4.38. The van der Waals surface area contributed by atoms with E-state index in [4.69, 9.17) is 14.2 Å². The SMILES string of the molecule is CO[C@H]1[C@@H](F)[C@H](C)CO[C@@H]1COC(C)C. The Kier molecular flexibility index (Phi) is 4.96. The van der Waals surface area contributed by atoms with Crippen molar-refractivity contribution in [1.82, 2.24) is 0 Å². The predicted molar refractivity (Wildman–Crippen MR) is 55.7 cm³/mol. The van der Waals surface area contributed by atoms with Crippen molar-refractivity contribution in [2.45, 2.75) is 45.3 Å². The molecule has 1 heterocycles. The Labute approximate surface area is 90.9 Å². The van der Waals surface area contributed by atoms with Gasteiger partial charge in [-0.05, 0) is 13.8 Å². The number of halogens is 1. The summed E-state index contributed by atoms with van der Waals surface area (Å²) in [6.07, 6.45) is -1.64. The van der Waals surface area contributed by atoms with Crippen LogP contribution in [0.1, 0.15) is 20.8 Å². The Bertz CT molecular complexity index is 187. The van der Waals surface area contributed by atoms with Crippen LogP contribution in [0.5, 0.6) is 0 Å². The molecule has 0 aromatic heterocycles. The fraction of sp³-hybridized carbons (Fsp3) is 1.00. The molecule has 0 bridgehead atoms. The van der Waals surface area contributed by atoms with Crippen LogP contribution >= 0.6 is 0 Å². The molecule has 0 radical (unpaired) electrons. The summed E-state index contributed by atoms with van der Waals surface area (Å²) in [4.78, 5) is 0. The van der Waals surface area contributed by atoms with Crippen LogP contribution in [0.3, 0.4) is 0 Å². The minimum Gasteiger partial charge on any atom is -0.376 e.